The summed E-state index contributed by atoms with van der Waals surface area (Å²) in [6, 6.07) is 11.4. The minimum atomic E-state index is -0.0386. The van der Waals surface area contributed by atoms with Crippen LogP contribution in [0.3, 0.4) is 0 Å². The fourth-order valence-corrected chi connectivity index (χ4v) is 5.38. The molecule has 1 aromatic carbocycles. The Morgan fingerprint density at radius 3 is 2.52 bits per heavy atom. The summed E-state index contributed by atoms with van der Waals surface area (Å²) in [6.07, 6.45) is 4.18. The summed E-state index contributed by atoms with van der Waals surface area (Å²) < 4.78 is 1.94. The summed E-state index contributed by atoms with van der Waals surface area (Å²) in [4.78, 5) is 19.5. The average Bonchev–Trinajstić information content (AvgIpc) is 3.25. The molecule has 0 fully saturated rings. The number of anilines is 1. The van der Waals surface area contributed by atoms with Gasteiger partial charge in [0.25, 0.3) is 0 Å². The number of rotatable bonds is 3. The molecular weight excluding hydrogens is 380 g/mol. The fourth-order valence-electron chi connectivity index (χ4n) is 4.30. The number of aromatic nitrogens is 3. The van der Waals surface area contributed by atoms with Crippen LogP contribution in [-0.2, 0) is 12.8 Å². The van der Waals surface area contributed by atoms with E-state index in [9.17, 15) is 4.79 Å². The van der Waals surface area contributed by atoms with E-state index in [2.05, 4.69) is 11.2 Å². The first-order valence-corrected chi connectivity index (χ1v) is 10.7. The molecule has 5 nitrogen and oxygen atoms in total. The highest BCUT2D eigenvalue weighted by Gasteiger charge is 2.26. The van der Waals surface area contributed by atoms with Crippen LogP contribution in [0.4, 0.5) is 5.69 Å². The van der Waals surface area contributed by atoms with E-state index in [0.717, 1.165) is 53.1 Å². The van der Waals surface area contributed by atoms with E-state index in [1.165, 1.54) is 22.5 Å². The molecule has 146 valence electrons. The molecule has 1 aliphatic carbocycles. The largest absolute Gasteiger partial charge is 0.397 e. The number of benzene rings is 1. The Labute approximate surface area is 173 Å². The maximum Gasteiger partial charge on any atom is 0.205 e. The second kappa shape index (κ2) is 6.81. The zero-order valence-electron chi connectivity index (χ0n) is 16.5. The second-order valence-corrected chi connectivity index (χ2v) is 8.66. The van der Waals surface area contributed by atoms with Crippen molar-refractivity contribution in [3.8, 4) is 5.82 Å². The minimum Gasteiger partial charge on any atom is -0.397 e. The van der Waals surface area contributed by atoms with Gasteiger partial charge in [-0.15, -0.1) is 11.3 Å². The third-order valence-electron chi connectivity index (χ3n) is 5.63. The molecule has 0 atom stereocenters. The average molecular weight is 403 g/mol. The number of ketones is 1. The van der Waals surface area contributed by atoms with Gasteiger partial charge in [0.2, 0.25) is 5.78 Å². The highest BCUT2D eigenvalue weighted by atomic mass is 32.1. The molecule has 0 saturated carbocycles. The van der Waals surface area contributed by atoms with Crippen molar-refractivity contribution in [3.05, 3.63) is 69.4 Å². The number of hydrogen-bond acceptors (Lipinski definition) is 5. The number of nitrogens with two attached hydrogens (primary N) is 1. The quantitative estimate of drug-likeness (QED) is 0.500. The number of nitrogens with zero attached hydrogens (tertiary/aromatic N) is 3. The van der Waals surface area contributed by atoms with Gasteiger partial charge in [-0.05, 0) is 51.2 Å². The normalized spacial score (nSPS) is 13.6. The van der Waals surface area contributed by atoms with Crippen LogP contribution < -0.4 is 5.73 Å². The zero-order valence-corrected chi connectivity index (χ0v) is 17.3. The molecule has 3 heterocycles. The summed E-state index contributed by atoms with van der Waals surface area (Å²) in [5, 5.41) is 5.63. The number of fused-ring (bicyclic) bond motifs is 3. The van der Waals surface area contributed by atoms with E-state index in [1.807, 2.05) is 48.9 Å². The van der Waals surface area contributed by atoms with Crippen LogP contribution in [0.2, 0.25) is 0 Å². The lowest BCUT2D eigenvalue weighted by Gasteiger charge is -2.20. The van der Waals surface area contributed by atoms with Crippen molar-refractivity contribution < 1.29 is 4.79 Å². The van der Waals surface area contributed by atoms with Gasteiger partial charge in [0.15, 0.2) is 5.82 Å². The molecule has 0 aliphatic heterocycles. The van der Waals surface area contributed by atoms with Crippen molar-refractivity contribution in [3.63, 3.8) is 0 Å². The van der Waals surface area contributed by atoms with Crippen LogP contribution in [0.15, 0.2) is 36.4 Å². The molecule has 0 radical (unpaired) electrons. The number of aryl methyl sites for hydroxylation is 3. The number of carbonyl (C=O) groups is 1. The molecule has 3 aromatic heterocycles. The number of nitrogen functional groups attached to an aromatic ring is 1. The highest BCUT2D eigenvalue weighted by molar-refractivity contribution is 7.21. The predicted octanol–water partition coefficient (Wildman–Crippen LogP) is 4.79. The summed E-state index contributed by atoms with van der Waals surface area (Å²) in [6.45, 7) is 4.04. The number of hydrogen-bond donors (Lipinski definition) is 1. The van der Waals surface area contributed by atoms with Crippen molar-refractivity contribution in [2.75, 3.05) is 5.73 Å². The van der Waals surface area contributed by atoms with Gasteiger partial charge in [-0.2, -0.15) is 5.10 Å². The Morgan fingerprint density at radius 2 is 1.83 bits per heavy atom. The molecule has 0 unspecified atom stereocenters. The summed E-state index contributed by atoms with van der Waals surface area (Å²) in [5.74, 6) is 0.848. The Hall–Kier alpha value is -2.99. The van der Waals surface area contributed by atoms with Gasteiger partial charge in [0.05, 0.1) is 11.4 Å². The summed E-state index contributed by atoms with van der Waals surface area (Å²) in [7, 11) is 0. The Bertz CT molecular complexity index is 1250. The number of carbonyl (C=O) groups excluding carboxylic acids is 1. The molecule has 4 aromatic rings. The molecule has 1 aliphatic rings. The molecule has 0 bridgehead atoms. The molecule has 29 heavy (non-hydrogen) atoms. The van der Waals surface area contributed by atoms with Gasteiger partial charge in [0, 0.05) is 22.2 Å². The highest BCUT2D eigenvalue weighted by Crippen LogP contribution is 2.41. The second-order valence-electron chi connectivity index (χ2n) is 7.66. The lowest BCUT2D eigenvalue weighted by molar-refractivity contribution is 0.104. The van der Waals surface area contributed by atoms with Crippen molar-refractivity contribution >= 4 is 33.0 Å². The first-order valence-electron chi connectivity index (χ1n) is 9.91. The van der Waals surface area contributed by atoms with Crippen molar-refractivity contribution in [1.82, 2.24) is 14.8 Å². The lowest BCUT2D eigenvalue weighted by atomic mass is 9.89. The molecule has 0 spiro atoms. The monoisotopic (exact) mass is 402 g/mol. The Balaban J connectivity index is 1.76. The predicted molar refractivity (Wildman–Crippen MR) is 117 cm³/mol. The molecule has 0 saturated heterocycles. The van der Waals surface area contributed by atoms with E-state index in [4.69, 9.17) is 10.7 Å². The van der Waals surface area contributed by atoms with Crippen molar-refractivity contribution in [2.45, 2.75) is 39.5 Å². The van der Waals surface area contributed by atoms with Crippen LogP contribution in [0.5, 0.6) is 0 Å². The first-order chi connectivity index (χ1) is 14.0. The maximum absolute atomic E-state index is 13.1. The van der Waals surface area contributed by atoms with Gasteiger partial charge < -0.3 is 5.73 Å². The van der Waals surface area contributed by atoms with Gasteiger partial charge >= 0.3 is 0 Å². The molecule has 0 amide bonds. The summed E-state index contributed by atoms with van der Waals surface area (Å²) >= 11 is 1.39. The number of thiophene rings is 1. The van der Waals surface area contributed by atoms with Gasteiger partial charge in [-0.25, -0.2) is 9.67 Å². The van der Waals surface area contributed by atoms with Gasteiger partial charge in [-0.1, -0.05) is 30.3 Å². The third kappa shape index (κ3) is 2.86. The van der Waals surface area contributed by atoms with Gasteiger partial charge in [0.1, 0.15) is 9.71 Å². The van der Waals surface area contributed by atoms with E-state index in [0.29, 0.717) is 16.1 Å². The first kappa shape index (κ1) is 18.1. The summed E-state index contributed by atoms with van der Waals surface area (Å²) in [5.41, 5.74) is 12.3. The Kier molecular flexibility index (Phi) is 4.24. The molecule has 5 rings (SSSR count). The topological polar surface area (TPSA) is 73.8 Å². The van der Waals surface area contributed by atoms with Crippen molar-refractivity contribution in [2.24, 2.45) is 0 Å². The van der Waals surface area contributed by atoms with E-state index >= 15 is 0 Å². The number of pyridine rings is 1. The lowest BCUT2D eigenvalue weighted by Crippen LogP contribution is -2.13. The van der Waals surface area contributed by atoms with Crippen molar-refractivity contribution in [1.29, 1.82) is 0 Å². The molecule has 6 heteroatoms. The smallest absolute Gasteiger partial charge is 0.205 e. The SMILES string of the molecule is Cc1cc(C)n(-c2nc3sc(C(=O)c4ccccc4)c(N)c3c3c2CCCC3)n1. The Morgan fingerprint density at radius 1 is 1.10 bits per heavy atom. The third-order valence-corrected chi connectivity index (χ3v) is 6.72. The fraction of sp³-hybridized carbons (Fsp3) is 0.261. The minimum absolute atomic E-state index is 0.0386. The van der Waals surface area contributed by atoms with E-state index in [-0.39, 0.29) is 5.78 Å². The van der Waals surface area contributed by atoms with Crippen LogP contribution in [0, 0.1) is 13.8 Å². The van der Waals surface area contributed by atoms with E-state index in [1.54, 1.807) is 0 Å². The standard InChI is InChI=1S/C23H22N4OS/c1-13-12-14(2)27(26-13)22-17-11-7-6-10-16(17)18-19(24)21(29-23(18)25-22)20(28)15-8-4-3-5-9-15/h3-5,8-9,12H,6-7,10-11,24H2,1-2H3. The molecule has 2 N–H and O–H groups in total. The van der Waals surface area contributed by atoms with E-state index < -0.39 is 0 Å². The zero-order chi connectivity index (χ0) is 20.1. The van der Waals surface area contributed by atoms with Gasteiger partial charge in [-0.3, -0.25) is 4.79 Å². The van der Waals surface area contributed by atoms with Crippen LogP contribution in [-0.4, -0.2) is 20.5 Å². The molecular formula is C23H22N4OS. The van der Waals surface area contributed by atoms with Crippen LogP contribution in [0.1, 0.15) is 50.6 Å². The maximum atomic E-state index is 13.1. The van der Waals surface area contributed by atoms with Crippen LogP contribution in [0.25, 0.3) is 16.0 Å². The van der Waals surface area contributed by atoms with Crippen LogP contribution >= 0.6 is 11.3 Å².